The van der Waals surface area contributed by atoms with Crippen LogP contribution < -0.4 is 0 Å². The van der Waals surface area contributed by atoms with Crippen LogP contribution in [0, 0.1) is 6.20 Å². The standard InChI is InChI=1S/C9H16N2O3P/c1-4-13-15(12,14-5-2)9(3)11-8-6-7-10-11/h6,8-9H,4-5H2,1-3H3. The van der Waals surface area contributed by atoms with Crippen LogP contribution in [0.2, 0.25) is 0 Å². The molecular formula is C9H16N2O3P. The first-order valence-electron chi connectivity index (χ1n) is 4.94. The molecule has 0 saturated heterocycles. The fourth-order valence-electron chi connectivity index (χ4n) is 1.21. The molecule has 0 saturated carbocycles. The Labute approximate surface area is 89.9 Å². The Morgan fingerprint density at radius 1 is 1.47 bits per heavy atom. The van der Waals surface area contributed by atoms with Crippen molar-refractivity contribution in [3.8, 4) is 0 Å². The van der Waals surface area contributed by atoms with Gasteiger partial charge in [-0.05, 0) is 26.8 Å². The first-order chi connectivity index (χ1) is 7.14. The highest BCUT2D eigenvalue weighted by Crippen LogP contribution is 2.58. The third-order valence-corrected chi connectivity index (χ3v) is 4.32. The lowest BCUT2D eigenvalue weighted by molar-refractivity contribution is 0.204. The van der Waals surface area contributed by atoms with Crippen LogP contribution in [0.3, 0.4) is 0 Å². The van der Waals surface area contributed by atoms with Crippen molar-refractivity contribution in [1.29, 1.82) is 0 Å². The van der Waals surface area contributed by atoms with E-state index in [4.69, 9.17) is 9.05 Å². The summed E-state index contributed by atoms with van der Waals surface area (Å²) in [5, 5.41) is 3.91. The Morgan fingerprint density at radius 2 is 2.07 bits per heavy atom. The Balaban J connectivity index is 2.84. The zero-order chi connectivity index (χ0) is 11.3. The van der Waals surface area contributed by atoms with Gasteiger partial charge < -0.3 is 9.05 Å². The van der Waals surface area contributed by atoms with Crippen LogP contribution in [0.25, 0.3) is 0 Å². The molecule has 0 N–H and O–H groups in total. The number of hydrogen-bond acceptors (Lipinski definition) is 4. The van der Waals surface area contributed by atoms with Crippen LogP contribution in [0.5, 0.6) is 0 Å². The van der Waals surface area contributed by atoms with Crippen molar-refractivity contribution in [1.82, 2.24) is 9.78 Å². The molecule has 0 aliphatic heterocycles. The number of hydrogen-bond donors (Lipinski definition) is 0. The van der Waals surface area contributed by atoms with E-state index >= 15 is 0 Å². The van der Waals surface area contributed by atoms with Crippen LogP contribution >= 0.6 is 7.60 Å². The maximum atomic E-state index is 12.3. The third-order valence-electron chi connectivity index (χ3n) is 1.93. The second kappa shape index (κ2) is 5.45. The fourth-order valence-corrected chi connectivity index (χ4v) is 2.85. The summed E-state index contributed by atoms with van der Waals surface area (Å²) >= 11 is 0. The molecule has 15 heavy (non-hydrogen) atoms. The van der Waals surface area contributed by atoms with E-state index in [0.717, 1.165) is 0 Å². The molecule has 1 rings (SSSR count). The first kappa shape index (κ1) is 12.4. The molecule has 0 spiro atoms. The normalized spacial score (nSPS) is 14.1. The smallest absolute Gasteiger partial charge is 0.307 e. The largest absolute Gasteiger partial charge is 0.354 e. The molecule has 0 amide bonds. The molecule has 0 aliphatic carbocycles. The molecule has 1 radical (unpaired) electrons. The predicted molar refractivity (Wildman–Crippen MR) is 56.6 cm³/mol. The topological polar surface area (TPSA) is 53.4 Å². The van der Waals surface area contributed by atoms with Gasteiger partial charge in [0.2, 0.25) is 0 Å². The highest BCUT2D eigenvalue weighted by atomic mass is 31.2. The van der Waals surface area contributed by atoms with Gasteiger partial charge in [0.15, 0.2) is 5.78 Å². The predicted octanol–water partition coefficient (Wildman–Crippen LogP) is 2.47. The van der Waals surface area contributed by atoms with E-state index in [2.05, 4.69) is 11.3 Å². The third kappa shape index (κ3) is 2.91. The molecule has 5 nitrogen and oxygen atoms in total. The van der Waals surface area contributed by atoms with Crippen molar-refractivity contribution < 1.29 is 13.6 Å². The van der Waals surface area contributed by atoms with E-state index in [-0.39, 0.29) is 0 Å². The minimum absolute atomic E-state index is 0.354. The lowest BCUT2D eigenvalue weighted by Gasteiger charge is -2.23. The van der Waals surface area contributed by atoms with Gasteiger partial charge >= 0.3 is 7.60 Å². The molecule has 0 aromatic carbocycles. The minimum atomic E-state index is -3.12. The van der Waals surface area contributed by atoms with Gasteiger partial charge in [0.05, 0.1) is 13.2 Å². The summed E-state index contributed by atoms with van der Waals surface area (Å²) in [6.07, 6.45) is 4.34. The van der Waals surface area contributed by atoms with E-state index in [1.165, 1.54) is 4.68 Å². The number of rotatable bonds is 6. The van der Waals surface area contributed by atoms with Crippen molar-refractivity contribution >= 4 is 7.60 Å². The summed E-state index contributed by atoms with van der Waals surface area (Å²) in [5.74, 6) is -0.427. The number of aromatic nitrogens is 2. The van der Waals surface area contributed by atoms with Crippen LogP contribution in [0.4, 0.5) is 0 Å². The van der Waals surface area contributed by atoms with Crippen LogP contribution in [0.15, 0.2) is 12.3 Å². The van der Waals surface area contributed by atoms with Crippen LogP contribution in [-0.2, 0) is 13.6 Å². The molecule has 85 valence electrons. The quantitative estimate of drug-likeness (QED) is 0.706. The second-order valence-corrected chi connectivity index (χ2v) is 5.28. The van der Waals surface area contributed by atoms with Gasteiger partial charge in [-0.25, -0.2) is 0 Å². The molecule has 1 atom stereocenters. The summed E-state index contributed by atoms with van der Waals surface area (Å²) in [7, 11) is -3.12. The molecule has 6 heteroatoms. The maximum absolute atomic E-state index is 12.3. The van der Waals surface area contributed by atoms with E-state index < -0.39 is 13.4 Å². The summed E-state index contributed by atoms with van der Waals surface area (Å²) in [4.78, 5) is 0. The molecule has 1 aromatic rings. The van der Waals surface area contributed by atoms with Gasteiger partial charge in [-0.15, -0.1) is 0 Å². The highest BCUT2D eigenvalue weighted by Gasteiger charge is 2.33. The van der Waals surface area contributed by atoms with Gasteiger partial charge in [0, 0.05) is 6.20 Å². The average molecular weight is 231 g/mol. The molecule has 0 bridgehead atoms. The molecule has 0 aliphatic rings. The zero-order valence-electron chi connectivity index (χ0n) is 9.21. The second-order valence-electron chi connectivity index (χ2n) is 2.93. The summed E-state index contributed by atoms with van der Waals surface area (Å²) < 4.78 is 24.3. The van der Waals surface area contributed by atoms with Crippen LogP contribution in [0.1, 0.15) is 26.6 Å². The fraction of sp³-hybridized carbons (Fsp3) is 0.667. The van der Waals surface area contributed by atoms with Crippen molar-refractivity contribution in [3.63, 3.8) is 0 Å². The van der Waals surface area contributed by atoms with Crippen molar-refractivity contribution in [2.75, 3.05) is 13.2 Å². The van der Waals surface area contributed by atoms with Crippen LogP contribution in [-0.4, -0.2) is 23.0 Å². The molecule has 1 heterocycles. The zero-order valence-corrected chi connectivity index (χ0v) is 10.1. The minimum Gasteiger partial charge on any atom is -0.307 e. The summed E-state index contributed by atoms with van der Waals surface area (Å²) in [6.45, 7) is 6.04. The van der Waals surface area contributed by atoms with Gasteiger partial charge in [-0.3, -0.25) is 9.25 Å². The van der Waals surface area contributed by atoms with E-state index in [0.29, 0.717) is 13.2 Å². The Hall–Kier alpha value is -0.640. The lowest BCUT2D eigenvalue weighted by atomic mass is 10.7. The summed E-state index contributed by atoms with van der Waals surface area (Å²) in [5.41, 5.74) is 0. The Morgan fingerprint density at radius 3 is 2.47 bits per heavy atom. The van der Waals surface area contributed by atoms with Gasteiger partial charge in [-0.1, -0.05) is 0 Å². The highest BCUT2D eigenvalue weighted by molar-refractivity contribution is 7.53. The molecule has 0 fully saturated rings. The number of nitrogens with zero attached hydrogens (tertiary/aromatic N) is 2. The van der Waals surface area contributed by atoms with Crippen molar-refractivity contribution in [2.24, 2.45) is 0 Å². The van der Waals surface area contributed by atoms with Gasteiger partial charge in [0.1, 0.15) is 6.20 Å². The molecule has 1 unspecified atom stereocenters. The van der Waals surface area contributed by atoms with Crippen molar-refractivity contribution in [2.45, 2.75) is 26.6 Å². The molecular weight excluding hydrogens is 215 g/mol. The van der Waals surface area contributed by atoms with Gasteiger partial charge in [-0.2, -0.15) is 5.10 Å². The van der Waals surface area contributed by atoms with Crippen molar-refractivity contribution in [3.05, 3.63) is 18.5 Å². The monoisotopic (exact) mass is 231 g/mol. The first-order valence-corrected chi connectivity index (χ1v) is 6.55. The SMILES string of the molecule is CCOP(=O)(OCC)C(C)n1cc[c]n1. The Bertz CT molecular complexity index is 316. The lowest BCUT2D eigenvalue weighted by Crippen LogP contribution is -2.11. The average Bonchev–Trinajstić information content (AvgIpc) is 2.70. The summed E-state index contributed by atoms with van der Waals surface area (Å²) in [6, 6.07) is 1.65. The Kier molecular flexibility index (Phi) is 4.51. The maximum Gasteiger partial charge on any atom is 0.354 e. The van der Waals surface area contributed by atoms with E-state index in [9.17, 15) is 4.57 Å². The van der Waals surface area contributed by atoms with E-state index in [1.807, 2.05) is 0 Å². The molecule has 1 aromatic heterocycles. The van der Waals surface area contributed by atoms with Gasteiger partial charge in [0.25, 0.3) is 0 Å². The van der Waals surface area contributed by atoms with E-state index in [1.54, 1.807) is 33.0 Å².